The molecule has 0 bridgehead atoms. The number of hydrogen-bond acceptors (Lipinski definition) is 3. The maximum absolute atomic E-state index is 4.52. The Hall–Kier alpha value is -3.31. The number of aromatic amines is 1. The lowest BCUT2D eigenvalue weighted by Gasteiger charge is -2.05. The molecule has 4 rings (SSSR count). The van der Waals surface area contributed by atoms with Crippen molar-refractivity contribution >= 4 is 27.9 Å². The summed E-state index contributed by atoms with van der Waals surface area (Å²) in [5.74, 6) is 0. The second-order valence-electron chi connectivity index (χ2n) is 6.13. The van der Waals surface area contributed by atoms with E-state index in [4.69, 9.17) is 0 Å². The van der Waals surface area contributed by atoms with Crippen molar-refractivity contribution in [3.05, 3.63) is 112 Å². The SMILES string of the molecule is Brc1ccc(-c2[nH]ncc2/C=N/N=C(c2ccccc2)c2ccccc2)cc1. The molecule has 4 nitrogen and oxygen atoms in total. The average molecular weight is 429 g/mol. The summed E-state index contributed by atoms with van der Waals surface area (Å²) in [6.45, 7) is 0. The third-order valence-electron chi connectivity index (χ3n) is 4.25. The van der Waals surface area contributed by atoms with Crippen LogP contribution in [0.15, 0.2) is 106 Å². The van der Waals surface area contributed by atoms with Gasteiger partial charge in [0.05, 0.1) is 18.1 Å². The van der Waals surface area contributed by atoms with Crippen LogP contribution in [0.2, 0.25) is 0 Å². The predicted molar refractivity (Wildman–Crippen MR) is 118 cm³/mol. The van der Waals surface area contributed by atoms with Crippen molar-refractivity contribution in [1.82, 2.24) is 10.2 Å². The van der Waals surface area contributed by atoms with Crippen LogP contribution in [0, 0.1) is 0 Å². The van der Waals surface area contributed by atoms with E-state index in [1.54, 1.807) is 12.4 Å². The van der Waals surface area contributed by atoms with Gasteiger partial charge in [0.1, 0.15) is 5.71 Å². The van der Waals surface area contributed by atoms with Gasteiger partial charge in [0.2, 0.25) is 0 Å². The van der Waals surface area contributed by atoms with E-state index in [9.17, 15) is 0 Å². The van der Waals surface area contributed by atoms with Gasteiger partial charge in [0.15, 0.2) is 0 Å². The fourth-order valence-electron chi connectivity index (χ4n) is 2.86. The molecule has 28 heavy (non-hydrogen) atoms. The monoisotopic (exact) mass is 428 g/mol. The van der Waals surface area contributed by atoms with Crippen molar-refractivity contribution in [1.29, 1.82) is 0 Å². The Morgan fingerprint density at radius 3 is 2.04 bits per heavy atom. The molecule has 136 valence electrons. The average Bonchev–Trinajstić information content (AvgIpc) is 3.21. The third-order valence-corrected chi connectivity index (χ3v) is 4.78. The number of benzene rings is 3. The molecule has 0 atom stereocenters. The fourth-order valence-corrected chi connectivity index (χ4v) is 3.13. The molecule has 3 aromatic carbocycles. The van der Waals surface area contributed by atoms with Crippen molar-refractivity contribution in [3.8, 4) is 11.3 Å². The van der Waals surface area contributed by atoms with Gasteiger partial charge in [-0.2, -0.15) is 10.2 Å². The molecule has 0 spiro atoms. The molecule has 0 aliphatic rings. The lowest BCUT2D eigenvalue weighted by atomic mass is 10.0. The Kier molecular flexibility index (Phi) is 5.54. The molecule has 0 saturated carbocycles. The highest BCUT2D eigenvalue weighted by atomic mass is 79.9. The molecule has 1 N–H and O–H groups in total. The van der Waals surface area contributed by atoms with Gasteiger partial charge in [0, 0.05) is 26.7 Å². The number of nitrogens with one attached hydrogen (secondary N) is 1. The van der Waals surface area contributed by atoms with E-state index >= 15 is 0 Å². The molecule has 0 unspecified atom stereocenters. The Bertz CT molecular complexity index is 1060. The number of rotatable bonds is 5. The molecule has 1 heterocycles. The molecule has 5 heteroatoms. The topological polar surface area (TPSA) is 53.4 Å². The first-order valence-corrected chi connectivity index (χ1v) is 9.62. The van der Waals surface area contributed by atoms with Crippen LogP contribution in [-0.2, 0) is 0 Å². The summed E-state index contributed by atoms with van der Waals surface area (Å²) in [5.41, 5.74) is 5.69. The van der Waals surface area contributed by atoms with Gasteiger partial charge < -0.3 is 0 Å². The van der Waals surface area contributed by atoms with E-state index in [0.29, 0.717) is 0 Å². The van der Waals surface area contributed by atoms with Crippen molar-refractivity contribution in [2.24, 2.45) is 10.2 Å². The molecule has 0 aliphatic heterocycles. The van der Waals surface area contributed by atoms with Gasteiger partial charge in [-0.25, -0.2) is 0 Å². The normalized spacial score (nSPS) is 10.9. The zero-order chi connectivity index (χ0) is 19.2. The van der Waals surface area contributed by atoms with E-state index in [1.807, 2.05) is 84.9 Å². The number of hydrogen-bond donors (Lipinski definition) is 1. The number of H-pyrrole nitrogens is 1. The van der Waals surface area contributed by atoms with Gasteiger partial charge in [-0.1, -0.05) is 88.7 Å². The van der Waals surface area contributed by atoms with Crippen LogP contribution in [0.4, 0.5) is 0 Å². The highest BCUT2D eigenvalue weighted by molar-refractivity contribution is 9.10. The standard InChI is InChI=1S/C23H17BrN4/c24-21-13-11-19(12-14-21)23-20(16-26-28-23)15-25-27-22(17-7-3-1-4-8-17)18-9-5-2-6-10-18/h1-16H,(H,26,28)/b25-15+. The van der Waals surface area contributed by atoms with Crippen LogP contribution >= 0.6 is 15.9 Å². The molecule has 4 aromatic rings. The highest BCUT2D eigenvalue weighted by Gasteiger charge is 2.07. The molecule has 0 amide bonds. The Morgan fingerprint density at radius 2 is 1.43 bits per heavy atom. The van der Waals surface area contributed by atoms with Crippen LogP contribution in [0.3, 0.4) is 0 Å². The fraction of sp³-hybridized carbons (Fsp3) is 0. The summed E-state index contributed by atoms with van der Waals surface area (Å²) in [6.07, 6.45) is 3.48. The van der Waals surface area contributed by atoms with Crippen LogP contribution in [0.5, 0.6) is 0 Å². The summed E-state index contributed by atoms with van der Waals surface area (Å²) >= 11 is 3.46. The second-order valence-corrected chi connectivity index (χ2v) is 7.05. The zero-order valence-electron chi connectivity index (χ0n) is 15.0. The number of halogens is 1. The van der Waals surface area contributed by atoms with Crippen LogP contribution in [-0.4, -0.2) is 22.1 Å². The first kappa shape index (κ1) is 18.1. The highest BCUT2D eigenvalue weighted by Crippen LogP contribution is 2.22. The van der Waals surface area contributed by atoms with E-state index in [1.165, 1.54) is 0 Å². The van der Waals surface area contributed by atoms with Gasteiger partial charge in [0.25, 0.3) is 0 Å². The van der Waals surface area contributed by atoms with E-state index in [-0.39, 0.29) is 0 Å². The van der Waals surface area contributed by atoms with E-state index in [0.717, 1.165) is 38.1 Å². The summed E-state index contributed by atoms with van der Waals surface area (Å²) < 4.78 is 1.03. The largest absolute Gasteiger partial charge is 0.277 e. The lowest BCUT2D eigenvalue weighted by molar-refractivity contribution is 1.10. The van der Waals surface area contributed by atoms with Crippen molar-refractivity contribution < 1.29 is 0 Å². The minimum Gasteiger partial charge on any atom is -0.277 e. The summed E-state index contributed by atoms with van der Waals surface area (Å²) in [6, 6.07) is 28.2. The Balaban J connectivity index is 1.67. The number of aromatic nitrogens is 2. The molecule has 0 radical (unpaired) electrons. The third kappa shape index (κ3) is 4.15. The maximum atomic E-state index is 4.52. The lowest BCUT2D eigenvalue weighted by Crippen LogP contribution is -2.02. The van der Waals surface area contributed by atoms with Crippen LogP contribution in [0.25, 0.3) is 11.3 Å². The van der Waals surface area contributed by atoms with Crippen molar-refractivity contribution in [2.75, 3.05) is 0 Å². The van der Waals surface area contributed by atoms with Gasteiger partial charge in [-0.3, -0.25) is 5.10 Å². The summed E-state index contributed by atoms with van der Waals surface area (Å²) in [4.78, 5) is 0. The van der Waals surface area contributed by atoms with E-state index < -0.39 is 0 Å². The molecule has 0 saturated heterocycles. The second kappa shape index (κ2) is 8.59. The minimum absolute atomic E-state index is 0.825. The molecule has 0 aliphatic carbocycles. The predicted octanol–water partition coefficient (Wildman–Crippen LogP) is 5.71. The van der Waals surface area contributed by atoms with Crippen LogP contribution < -0.4 is 0 Å². The zero-order valence-corrected chi connectivity index (χ0v) is 16.5. The van der Waals surface area contributed by atoms with Gasteiger partial charge >= 0.3 is 0 Å². The molecular formula is C23H17BrN4. The van der Waals surface area contributed by atoms with Crippen molar-refractivity contribution in [3.63, 3.8) is 0 Å². The summed E-state index contributed by atoms with van der Waals surface area (Å²) in [5, 5.41) is 16.1. The smallest absolute Gasteiger partial charge is 0.100 e. The Morgan fingerprint density at radius 1 is 0.821 bits per heavy atom. The van der Waals surface area contributed by atoms with E-state index in [2.05, 4.69) is 36.3 Å². The maximum Gasteiger partial charge on any atom is 0.100 e. The quantitative estimate of drug-likeness (QED) is 0.321. The Labute approximate surface area is 171 Å². The number of nitrogens with zero attached hydrogens (tertiary/aromatic N) is 3. The minimum atomic E-state index is 0.825. The molecule has 0 fully saturated rings. The molecule has 1 aromatic heterocycles. The first-order valence-electron chi connectivity index (χ1n) is 8.82. The van der Waals surface area contributed by atoms with Crippen LogP contribution in [0.1, 0.15) is 16.7 Å². The van der Waals surface area contributed by atoms with Crippen molar-refractivity contribution in [2.45, 2.75) is 0 Å². The van der Waals surface area contributed by atoms with Gasteiger partial charge in [-0.15, -0.1) is 5.10 Å². The summed E-state index contributed by atoms with van der Waals surface area (Å²) in [7, 11) is 0. The first-order chi connectivity index (χ1) is 13.8. The van der Waals surface area contributed by atoms with Gasteiger partial charge in [-0.05, 0) is 12.1 Å². The molecular weight excluding hydrogens is 412 g/mol.